The minimum Gasteiger partial charge on any atom is -0.266 e. The average Bonchev–Trinajstić information content (AvgIpc) is 2.78. The molecule has 0 atom stereocenters. The molecule has 2 rings (SSSR count). The molecular formula is C12H4F9NO6S. The van der Waals surface area contributed by atoms with E-state index in [1.807, 2.05) is 0 Å². The molecule has 29 heavy (non-hydrogen) atoms. The largest absolute Gasteiger partial charge is 0.483 e. The van der Waals surface area contributed by atoms with Gasteiger partial charge in [0, 0.05) is 0 Å². The average molecular weight is 461 g/mol. The smallest absolute Gasteiger partial charge is 0.266 e. The molecule has 2 amide bonds. The van der Waals surface area contributed by atoms with Gasteiger partial charge in [0.15, 0.2) is 0 Å². The topological polar surface area (TPSA) is 90.0 Å². The summed E-state index contributed by atoms with van der Waals surface area (Å²) in [4.78, 5) is 23.6. The molecule has 1 aliphatic heterocycles. The van der Waals surface area contributed by atoms with Gasteiger partial charge >= 0.3 is 33.8 Å². The van der Waals surface area contributed by atoms with E-state index >= 15 is 0 Å². The zero-order chi connectivity index (χ0) is 22.6. The number of fused-ring (bicyclic) bond motifs is 1. The number of halogens is 9. The van der Waals surface area contributed by atoms with E-state index in [4.69, 9.17) is 0 Å². The third kappa shape index (κ3) is 3.64. The van der Waals surface area contributed by atoms with Crippen LogP contribution < -0.4 is 0 Å². The van der Waals surface area contributed by atoms with E-state index in [9.17, 15) is 57.5 Å². The summed E-state index contributed by atoms with van der Waals surface area (Å²) in [5.74, 6) is -3.43. The van der Waals surface area contributed by atoms with Gasteiger partial charge in [0.05, 0.1) is 11.1 Å². The highest BCUT2D eigenvalue weighted by molar-refractivity contribution is 7.87. The number of hydrogen-bond donors (Lipinski definition) is 0. The van der Waals surface area contributed by atoms with Gasteiger partial charge < -0.3 is 0 Å². The van der Waals surface area contributed by atoms with Crippen LogP contribution in [0.5, 0.6) is 0 Å². The second-order valence-electron chi connectivity index (χ2n) is 5.13. The Labute approximate surface area is 153 Å². The molecule has 0 aromatic heterocycles. The van der Waals surface area contributed by atoms with Crippen molar-refractivity contribution in [3.05, 3.63) is 35.4 Å². The van der Waals surface area contributed by atoms with Crippen molar-refractivity contribution in [3.8, 4) is 0 Å². The Morgan fingerprint density at radius 2 is 1.17 bits per heavy atom. The normalized spacial score (nSPS) is 16.4. The van der Waals surface area contributed by atoms with Crippen molar-refractivity contribution in [2.75, 3.05) is 0 Å². The number of amides is 2. The number of alkyl halides is 9. The summed E-state index contributed by atoms with van der Waals surface area (Å²) in [6.07, 6.45) is -20.8. The van der Waals surface area contributed by atoms with Crippen LogP contribution in [0.15, 0.2) is 24.3 Å². The number of hydroxylamine groups is 2. The quantitative estimate of drug-likeness (QED) is 0.478. The minimum absolute atomic E-state index is 0.595. The summed E-state index contributed by atoms with van der Waals surface area (Å²) in [5.41, 5.74) is -1.19. The molecule has 0 unspecified atom stereocenters. The Morgan fingerprint density at radius 1 is 0.759 bits per heavy atom. The second kappa shape index (κ2) is 6.56. The van der Waals surface area contributed by atoms with E-state index in [1.165, 1.54) is 0 Å². The molecule has 0 aliphatic carbocycles. The first-order chi connectivity index (χ1) is 12.9. The maximum absolute atomic E-state index is 13.6. The van der Waals surface area contributed by atoms with Crippen LogP contribution in [0.25, 0.3) is 0 Å². The molecule has 1 heterocycles. The van der Waals surface area contributed by atoms with E-state index in [1.54, 1.807) is 4.74 Å². The number of nitrogens with zero attached hydrogens (tertiary/aromatic N) is 1. The Kier molecular flexibility index (Phi) is 5.18. The third-order valence-corrected chi connectivity index (χ3v) is 4.38. The molecule has 162 valence electrons. The molecule has 0 radical (unpaired) electrons. The minimum atomic E-state index is -7.23. The Balaban J connectivity index is 2.35. The van der Waals surface area contributed by atoms with E-state index in [-0.39, 0.29) is 0 Å². The summed E-state index contributed by atoms with van der Waals surface area (Å²) in [6.45, 7) is 0. The lowest BCUT2D eigenvalue weighted by molar-refractivity contribution is -0.476. The van der Waals surface area contributed by atoms with Gasteiger partial charge in [0.25, 0.3) is 11.8 Å². The van der Waals surface area contributed by atoms with Gasteiger partial charge in [0.1, 0.15) is 0 Å². The highest BCUT2D eigenvalue weighted by atomic mass is 32.2. The van der Waals surface area contributed by atoms with Gasteiger partial charge in [-0.3, -0.25) is 9.59 Å². The highest BCUT2D eigenvalue weighted by Crippen LogP contribution is 2.48. The summed E-state index contributed by atoms with van der Waals surface area (Å²) >= 11 is 0. The number of rotatable bonds is 6. The number of imide groups is 1. The third-order valence-electron chi connectivity index (χ3n) is 3.17. The molecule has 7 nitrogen and oxygen atoms in total. The van der Waals surface area contributed by atoms with E-state index in [0.29, 0.717) is 0 Å². The standard InChI is InChI=1S/C12H4F9NO6S/c13-9(14,15)10(16,17)27-11(18,19)12(20,21)29(25,26)28-22-7(23)5-3-1-2-4-6(5)8(22)24/h1-4H. The Bertz CT molecular complexity index is 924. The summed E-state index contributed by atoms with van der Waals surface area (Å²) in [6, 6.07) is 4.06. The van der Waals surface area contributed by atoms with E-state index in [0.717, 1.165) is 24.3 Å². The van der Waals surface area contributed by atoms with Crippen molar-refractivity contribution >= 4 is 21.9 Å². The van der Waals surface area contributed by atoms with Crippen molar-refractivity contribution in [1.82, 2.24) is 5.06 Å². The lowest BCUT2D eigenvalue weighted by Crippen LogP contribution is -2.56. The predicted molar refractivity (Wildman–Crippen MR) is 68.9 cm³/mol. The van der Waals surface area contributed by atoms with Crippen LogP contribution in [0.3, 0.4) is 0 Å². The zero-order valence-electron chi connectivity index (χ0n) is 13.0. The number of benzene rings is 1. The van der Waals surface area contributed by atoms with E-state index < -0.39 is 61.8 Å². The number of hydrogen-bond acceptors (Lipinski definition) is 6. The summed E-state index contributed by atoms with van der Waals surface area (Å²) in [7, 11) is -7.23. The van der Waals surface area contributed by atoms with E-state index in [2.05, 4.69) is 4.28 Å². The van der Waals surface area contributed by atoms with Crippen molar-refractivity contribution < 1.29 is 66.5 Å². The van der Waals surface area contributed by atoms with Crippen molar-refractivity contribution in [1.29, 1.82) is 0 Å². The molecule has 0 saturated heterocycles. The van der Waals surface area contributed by atoms with Gasteiger partial charge in [-0.15, -0.1) is 9.35 Å². The van der Waals surface area contributed by atoms with Crippen LogP contribution in [0.4, 0.5) is 39.5 Å². The molecule has 0 spiro atoms. The van der Waals surface area contributed by atoms with Crippen LogP contribution in [-0.2, 0) is 19.1 Å². The first-order valence-electron chi connectivity index (χ1n) is 6.68. The molecule has 1 aromatic rings. The van der Waals surface area contributed by atoms with Crippen molar-refractivity contribution in [3.63, 3.8) is 0 Å². The molecule has 1 aliphatic rings. The molecule has 0 bridgehead atoms. The first kappa shape index (κ1) is 22.9. The fourth-order valence-corrected chi connectivity index (χ4v) is 2.56. The fourth-order valence-electron chi connectivity index (χ4n) is 1.80. The number of carbonyl (C=O) groups excluding carboxylic acids is 2. The monoisotopic (exact) mass is 461 g/mol. The molecule has 0 fully saturated rings. The SMILES string of the molecule is O=C1c2ccccc2C(=O)N1OS(=O)(=O)C(F)(F)C(F)(F)OC(F)(F)C(F)(F)F. The summed E-state index contributed by atoms with van der Waals surface area (Å²) < 4.78 is 142. The van der Waals surface area contributed by atoms with Crippen molar-refractivity contribution in [2.24, 2.45) is 0 Å². The van der Waals surface area contributed by atoms with Crippen LogP contribution in [0.2, 0.25) is 0 Å². The number of carbonyl (C=O) groups is 2. The number of ether oxygens (including phenoxy) is 1. The second-order valence-corrected chi connectivity index (χ2v) is 6.70. The first-order valence-corrected chi connectivity index (χ1v) is 8.09. The predicted octanol–water partition coefficient (Wildman–Crippen LogP) is 2.90. The van der Waals surface area contributed by atoms with Gasteiger partial charge in [0.2, 0.25) is 0 Å². The van der Waals surface area contributed by atoms with Crippen LogP contribution in [0, 0.1) is 0 Å². The highest BCUT2D eigenvalue weighted by Gasteiger charge is 2.76. The van der Waals surface area contributed by atoms with Crippen LogP contribution >= 0.6 is 0 Å². The fraction of sp³-hybridized carbons (Fsp3) is 0.333. The van der Waals surface area contributed by atoms with Crippen LogP contribution in [0.1, 0.15) is 20.7 Å². The van der Waals surface area contributed by atoms with Crippen LogP contribution in [-0.4, -0.2) is 48.9 Å². The molecular weight excluding hydrogens is 457 g/mol. The maximum Gasteiger partial charge on any atom is 0.483 e. The molecule has 1 aromatic carbocycles. The van der Waals surface area contributed by atoms with Gasteiger partial charge in [-0.05, 0) is 12.1 Å². The van der Waals surface area contributed by atoms with Gasteiger partial charge in [-0.25, -0.2) is 4.74 Å². The molecule has 0 saturated carbocycles. The maximum atomic E-state index is 13.6. The van der Waals surface area contributed by atoms with Gasteiger partial charge in [-0.1, -0.05) is 12.1 Å². The lowest BCUT2D eigenvalue weighted by atomic mass is 10.1. The Morgan fingerprint density at radius 3 is 1.55 bits per heavy atom. The van der Waals surface area contributed by atoms with Gasteiger partial charge in [-0.2, -0.15) is 47.9 Å². The zero-order valence-corrected chi connectivity index (χ0v) is 13.8. The van der Waals surface area contributed by atoms with Crippen molar-refractivity contribution in [2.45, 2.75) is 23.6 Å². The summed E-state index contributed by atoms with van der Waals surface area (Å²) in [5, 5.41) is -7.81. The Hall–Kier alpha value is -2.40. The lowest BCUT2D eigenvalue weighted by Gasteiger charge is -2.29. The molecule has 17 heteroatoms. The molecule has 0 N–H and O–H groups in total.